The van der Waals surface area contributed by atoms with Gasteiger partial charge in [-0.2, -0.15) is 0 Å². The summed E-state index contributed by atoms with van der Waals surface area (Å²) in [6, 6.07) is -0.148. The van der Waals surface area contributed by atoms with Crippen molar-refractivity contribution in [1.82, 2.24) is 4.90 Å². The van der Waals surface area contributed by atoms with Gasteiger partial charge in [0.2, 0.25) is 5.91 Å². The summed E-state index contributed by atoms with van der Waals surface area (Å²) < 4.78 is 28.5. The average Bonchev–Trinajstić information content (AvgIpc) is 2.84. The number of carbonyl (C=O) groups is 1. The summed E-state index contributed by atoms with van der Waals surface area (Å²) in [7, 11) is -1.34. The zero-order chi connectivity index (χ0) is 15.3. The fourth-order valence-corrected chi connectivity index (χ4v) is 4.86. The third-order valence-electron chi connectivity index (χ3n) is 4.30. The minimum atomic E-state index is -2.97. The van der Waals surface area contributed by atoms with Crippen LogP contribution in [0.5, 0.6) is 0 Å². The molecule has 0 N–H and O–H groups in total. The molecule has 0 aromatic rings. The number of carbonyl (C=O) groups excluding carboxylic acids is 1. The Bertz CT molecular complexity index is 486. The van der Waals surface area contributed by atoms with Crippen LogP contribution in [0.2, 0.25) is 0 Å². The Hall–Kier alpha value is -0.880. The predicted octanol–water partition coefficient (Wildman–Crippen LogP) is 1.39. The molecular weight excluding hydrogens is 290 g/mol. The van der Waals surface area contributed by atoms with Gasteiger partial charge in [-0.15, -0.1) is 0 Å². The van der Waals surface area contributed by atoms with E-state index in [1.54, 1.807) is 7.11 Å². The van der Waals surface area contributed by atoms with Crippen molar-refractivity contribution in [2.45, 2.75) is 38.1 Å². The smallest absolute Gasteiger partial charge is 0.226 e. The first-order valence-electron chi connectivity index (χ1n) is 7.68. The molecule has 1 aliphatic heterocycles. The minimum Gasteiger partial charge on any atom is -0.385 e. The summed E-state index contributed by atoms with van der Waals surface area (Å²) in [6.07, 6.45) is 8.08. The molecule has 0 aromatic carbocycles. The van der Waals surface area contributed by atoms with Gasteiger partial charge in [-0.1, -0.05) is 12.2 Å². The zero-order valence-corrected chi connectivity index (χ0v) is 13.5. The average molecular weight is 315 g/mol. The van der Waals surface area contributed by atoms with Crippen LogP contribution >= 0.6 is 0 Å². The third kappa shape index (κ3) is 4.54. The van der Waals surface area contributed by atoms with Crippen LogP contribution in [0.3, 0.4) is 0 Å². The van der Waals surface area contributed by atoms with Crippen LogP contribution in [0, 0.1) is 5.92 Å². The minimum absolute atomic E-state index is 0.0147. The van der Waals surface area contributed by atoms with Crippen LogP contribution in [-0.4, -0.2) is 57.0 Å². The van der Waals surface area contributed by atoms with Crippen molar-refractivity contribution in [3.63, 3.8) is 0 Å². The Labute approximate surface area is 127 Å². The molecule has 1 fully saturated rings. The molecule has 0 radical (unpaired) electrons. The number of methoxy groups -OCH3 is 1. The second-order valence-electron chi connectivity index (χ2n) is 5.92. The highest BCUT2D eigenvalue weighted by atomic mass is 32.2. The number of amides is 1. The quantitative estimate of drug-likeness (QED) is 0.549. The van der Waals surface area contributed by atoms with Crippen molar-refractivity contribution in [2.24, 2.45) is 5.92 Å². The first-order valence-corrected chi connectivity index (χ1v) is 9.50. The van der Waals surface area contributed by atoms with E-state index in [-0.39, 0.29) is 29.4 Å². The van der Waals surface area contributed by atoms with Crippen LogP contribution in [-0.2, 0) is 19.4 Å². The number of allylic oxidation sites excluding steroid dienone is 2. The highest BCUT2D eigenvalue weighted by molar-refractivity contribution is 7.91. The van der Waals surface area contributed by atoms with Gasteiger partial charge in [-0.3, -0.25) is 4.79 Å². The molecule has 1 aliphatic carbocycles. The maximum atomic E-state index is 12.7. The van der Waals surface area contributed by atoms with Crippen molar-refractivity contribution in [3.05, 3.63) is 12.2 Å². The zero-order valence-electron chi connectivity index (χ0n) is 12.7. The fraction of sp³-hybridized carbons (Fsp3) is 0.800. The Morgan fingerprint density at radius 3 is 2.71 bits per heavy atom. The number of hydrogen-bond donors (Lipinski definition) is 0. The van der Waals surface area contributed by atoms with Crippen molar-refractivity contribution >= 4 is 15.7 Å². The Kier molecular flexibility index (Phi) is 5.81. The lowest BCUT2D eigenvalue weighted by Gasteiger charge is -2.32. The number of hydrogen-bond acceptors (Lipinski definition) is 4. The first-order chi connectivity index (χ1) is 10.0. The Morgan fingerprint density at radius 1 is 1.33 bits per heavy atom. The van der Waals surface area contributed by atoms with Gasteiger partial charge in [0, 0.05) is 32.2 Å². The molecule has 5 nitrogen and oxygen atoms in total. The summed E-state index contributed by atoms with van der Waals surface area (Å²) >= 11 is 0. The van der Waals surface area contributed by atoms with Crippen molar-refractivity contribution in [2.75, 3.05) is 31.8 Å². The van der Waals surface area contributed by atoms with Crippen LogP contribution < -0.4 is 0 Å². The first kappa shape index (κ1) is 16.5. The maximum absolute atomic E-state index is 12.7. The molecule has 1 amide bonds. The van der Waals surface area contributed by atoms with Crippen molar-refractivity contribution in [3.8, 4) is 0 Å². The van der Waals surface area contributed by atoms with Crippen LogP contribution in [0.1, 0.15) is 32.1 Å². The molecule has 0 aromatic heterocycles. The van der Waals surface area contributed by atoms with Gasteiger partial charge in [0.15, 0.2) is 9.84 Å². The standard InChI is InChI=1S/C15H25NO4S/c1-20-10-5-9-16(14-8-11-21(18,19)12-14)15(17)13-6-3-2-4-7-13/h2-3,13-14H,4-12H2,1H3. The van der Waals surface area contributed by atoms with E-state index >= 15 is 0 Å². The van der Waals surface area contributed by atoms with Gasteiger partial charge in [0.1, 0.15) is 0 Å². The van der Waals surface area contributed by atoms with Gasteiger partial charge in [0.25, 0.3) is 0 Å². The summed E-state index contributed by atoms with van der Waals surface area (Å²) in [4.78, 5) is 14.6. The predicted molar refractivity (Wildman–Crippen MR) is 81.7 cm³/mol. The fourth-order valence-electron chi connectivity index (χ4n) is 3.13. The highest BCUT2D eigenvalue weighted by Crippen LogP contribution is 2.25. The Morgan fingerprint density at radius 2 is 2.14 bits per heavy atom. The van der Waals surface area contributed by atoms with E-state index in [0.717, 1.165) is 25.7 Å². The van der Waals surface area contributed by atoms with Gasteiger partial charge in [0.05, 0.1) is 11.5 Å². The second kappa shape index (κ2) is 7.40. The second-order valence-corrected chi connectivity index (χ2v) is 8.14. The molecule has 2 rings (SSSR count). The lowest BCUT2D eigenvalue weighted by atomic mass is 9.92. The SMILES string of the molecule is COCCCN(C(=O)C1CC=CCC1)C1CCS(=O)(=O)C1. The van der Waals surface area contributed by atoms with E-state index in [9.17, 15) is 13.2 Å². The number of sulfone groups is 1. The molecule has 2 unspecified atom stereocenters. The van der Waals surface area contributed by atoms with Gasteiger partial charge >= 0.3 is 0 Å². The topological polar surface area (TPSA) is 63.7 Å². The molecule has 0 bridgehead atoms. The highest BCUT2D eigenvalue weighted by Gasteiger charge is 2.36. The summed E-state index contributed by atoms with van der Waals surface area (Å²) in [5, 5.41) is 0. The van der Waals surface area contributed by atoms with Gasteiger partial charge in [-0.25, -0.2) is 8.42 Å². The van der Waals surface area contributed by atoms with Crippen LogP contribution in [0.25, 0.3) is 0 Å². The van der Waals surface area contributed by atoms with E-state index in [2.05, 4.69) is 12.2 Å². The van der Waals surface area contributed by atoms with Gasteiger partial charge in [-0.05, 0) is 32.1 Å². The number of nitrogens with zero attached hydrogens (tertiary/aromatic N) is 1. The molecule has 1 saturated heterocycles. The van der Waals surface area contributed by atoms with E-state index in [4.69, 9.17) is 4.74 Å². The summed E-state index contributed by atoms with van der Waals surface area (Å²) in [6.45, 7) is 1.18. The summed E-state index contributed by atoms with van der Waals surface area (Å²) in [5.41, 5.74) is 0. The molecule has 2 atom stereocenters. The van der Waals surface area contributed by atoms with E-state index in [1.165, 1.54) is 0 Å². The van der Waals surface area contributed by atoms with Crippen molar-refractivity contribution < 1.29 is 17.9 Å². The lowest BCUT2D eigenvalue weighted by molar-refractivity contribution is -0.137. The molecule has 21 heavy (non-hydrogen) atoms. The largest absolute Gasteiger partial charge is 0.385 e. The molecule has 0 saturated carbocycles. The van der Waals surface area contributed by atoms with E-state index in [1.807, 2.05) is 4.90 Å². The van der Waals surface area contributed by atoms with Gasteiger partial charge < -0.3 is 9.64 Å². The van der Waals surface area contributed by atoms with Crippen LogP contribution in [0.15, 0.2) is 12.2 Å². The molecule has 1 heterocycles. The summed E-state index contributed by atoms with van der Waals surface area (Å²) in [5.74, 6) is 0.461. The monoisotopic (exact) mass is 315 g/mol. The van der Waals surface area contributed by atoms with E-state index < -0.39 is 9.84 Å². The van der Waals surface area contributed by atoms with Crippen LogP contribution in [0.4, 0.5) is 0 Å². The molecule has 6 heteroatoms. The van der Waals surface area contributed by atoms with Crippen molar-refractivity contribution in [1.29, 1.82) is 0 Å². The normalized spacial score (nSPS) is 27.7. The Balaban J connectivity index is 2.04. The lowest BCUT2D eigenvalue weighted by Crippen LogP contribution is -2.45. The molecule has 120 valence electrons. The number of rotatable bonds is 6. The molecule has 2 aliphatic rings. The maximum Gasteiger partial charge on any atom is 0.226 e. The molecule has 0 spiro atoms. The third-order valence-corrected chi connectivity index (χ3v) is 6.05. The number of ether oxygens (including phenoxy) is 1. The van der Waals surface area contributed by atoms with E-state index in [0.29, 0.717) is 19.6 Å². The molecular formula is C15H25NO4S.